The molecule has 3 aromatic heterocycles. The van der Waals surface area contributed by atoms with Gasteiger partial charge in [-0.2, -0.15) is 0 Å². The first-order chi connectivity index (χ1) is 23.6. The summed E-state index contributed by atoms with van der Waals surface area (Å²) in [5.41, 5.74) is 10.3. The minimum absolute atomic E-state index is 0.256. The SMILES string of the molecule is O=S(=O)(c1ccccc1)n1c2ccc(-n3c4c(c5ccccc53)C=NCC4)cc2c2cc(-n3c4c(c5ccccc53)C=NCC4)ccc21. The summed E-state index contributed by atoms with van der Waals surface area (Å²) in [5, 5.41) is 4.10. The van der Waals surface area contributed by atoms with E-state index >= 15 is 0 Å². The van der Waals surface area contributed by atoms with Crippen LogP contribution in [-0.4, -0.2) is 47.0 Å². The van der Waals surface area contributed by atoms with E-state index in [1.54, 1.807) is 24.3 Å². The lowest BCUT2D eigenvalue weighted by Gasteiger charge is -2.14. The monoisotopic (exact) mass is 643 g/mol. The zero-order valence-electron chi connectivity index (χ0n) is 25.9. The van der Waals surface area contributed by atoms with Crippen molar-refractivity contribution >= 4 is 66.1 Å². The van der Waals surface area contributed by atoms with Crippen molar-refractivity contribution in [3.63, 3.8) is 0 Å². The quantitative estimate of drug-likeness (QED) is 0.196. The summed E-state index contributed by atoms with van der Waals surface area (Å²) >= 11 is 0. The van der Waals surface area contributed by atoms with Gasteiger partial charge in [-0.1, -0.05) is 54.6 Å². The molecule has 0 atom stereocenters. The number of hydrogen-bond acceptors (Lipinski definition) is 4. The highest BCUT2D eigenvalue weighted by molar-refractivity contribution is 7.90. The lowest BCUT2D eigenvalue weighted by Crippen LogP contribution is -2.13. The highest BCUT2D eigenvalue weighted by Crippen LogP contribution is 2.39. The molecule has 0 fully saturated rings. The molecule has 8 aromatic rings. The van der Waals surface area contributed by atoms with Gasteiger partial charge in [-0.25, -0.2) is 12.4 Å². The maximum atomic E-state index is 14.4. The van der Waals surface area contributed by atoms with E-state index in [0.29, 0.717) is 11.0 Å². The van der Waals surface area contributed by atoms with Gasteiger partial charge in [-0.05, 0) is 60.7 Å². The van der Waals surface area contributed by atoms with Crippen molar-refractivity contribution in [2.75, 3.05) is 13.1 Å². The maximum Gasteiger partial charge on any atom is 0.268 e. The minimum atomic E-state index is -3.91. The van der Waals surface area contributed by atoms with Crippen LogP contribution in [0.25, 0.3) is 55.0 Å². The van der Waals surface area contributed by atoms with Gasteiger partial charge < -0.3 is 9.13 Å². The summed E-state index contributed by atoms with van der Waals surface area (Å²) in [4.78, 5) is 9.44. The van der Waals surface area contributed by atoms with Gasteiger partial charge in [-0.15, -0.1) is 0 Å². The molecule has 48 heavy (non-hydrogen) atoms. The second-order valence-corrected chi connectivity index (χ2v) is 14.3. The third kappa shape index (κ3) is 3.77. The Bertz CT molecular complexity index is 2640. The number of para-hydroxylation sites is 2. The van der Waals surface area contributed by atoms with Crippen LogP contribution in [0.4, 0.5) is 0 Å². The van der Waals surface area contributed by atoms with Crippen molar-refractivity contribution in [1.29, 1.82) is 0 Å². The number of aromatic nitrogens is 3. The molecule has 0 N–H and O–H groups in total. The summed E-state index contributed by atoms with van der Waals surface area (Å²) in [6.07, 6.45) is 5.66. The van der Waals surface area contributed by atoms with E-state index in [2.05, 4.69) is 79.8 Å². The molecule has 0 radical (unpaired) electrons. The van der Waals surface area contributed by atoms with Crippen molar-refractivity contribution in [2.45, 2.75) is 17.7 Å². The molecule has 0 amide bonds. The summed E-state index contributed by atoms with van der Waals surface area (Å²) < 4.78 is 35.0. The molecule has 5 heterocycles. The van der Waals surface area contributed by atoms with Gasteiger partial charge in [0, 0.05) is 93.8 Å². The third-order valence-electron chi connectivity index (χ3n) is 9.91. The van der Waals surface area contributed by atoms with E-state index in [-0.39, 0.29) is 4.90 Å². The second-order valence-electron chi connectivity index (χ2n) is 12.5. The molecular weight excluding hydrogens is 615 g/mol. The third-order valence-corrected chi connectivity index (χ3v) is 11.7. The fraction of sp³-hybridized carbons (Fsp3) is 0.100. The van der Waals surface area contributed by atoms with Gasteiger partial charge in [0.15, 0.2) is 0 Å². The fourth-order valence-electron chi connectivity index (χ4n) is 7.86. The van der Waals surface area contributed by atoms with Crippen LogP contribution < -0.4 is 0 Å². The predicted octanol–water partition coefficient (Wildman–Crippen LogP) is 7.87. The molecule has 2 aliphatic heterocycles. The predicted molar refractivity (Wildman–Crippen MR) is 194 cm³/mol. The van der Waals surface area contributed by atoms with Gasteiger partial charge in [0.05, 0.1) is 27.0 Å². The zero-order valence-corrected chi connectivity index (χ0v) is 26.7. The first kappa shape index (κ1) is 27.4. The van der Waals surface area contributed by atoms with E-state index in [1.165, 1.54) is 26.1 Å². The van der Waals surface area contributed by atoms with Gasteiger partial charge in [0.1, 0.15) is 0 Å². The first-order valence-electron chi connectivity index (χ1n) is 16.2. The van der Waals surface area contributed by atoms with Crippen LogP contribution in [0.2, 0.25) is 0 Å². The molecule has 232 valence electrons. The molecule has 0 saturated heterocycles. The number of nitrogens with zero attached hydrogens (tertiary/aromatic N) is 5. The second kappa shape index (κ2) is 10.1. The fourth-order valence-corrected chi connectivity index (χ4v) is 9.41. The summed E-state index contributed by atoms with van der Waals surface area (Å²) in [7, 11) is -3.91. The molecule has 8 heteroatoms. The lowest BCUT2D eigenvalue weighted by molar-refractivity contribution is 0.590. The highest BCUT2D eigenvalue weighted by atomic mass is 32.2. The molecule has 0 saturated carbocycles. The highest BCUT2D eigenvalue weighted by Gasteiger charge is 2.26. The Hall–Kier alpha value is -5.73. The van der Waals surface area contributed by atoms with Crippen molar-refractivity contribution in [1.82, 2.24) is 13.1 Å². The number of aliphatic imine (C=N–C) groups is 2. The molecule has 0 spiro atoms. The van der Waals surface area contributed by atoms with Crippen molar-refractivity contribution in [3.8, 4) is 11.4 Å². The van der Waals surface area contributed by atoms with E-state index < -0.39 is 10.0 Å². The summed E-state index contributed by atoms with van der Waals surface area (Å²) in [6, 6.07) is 37.9. The van der Waals surface area contributed by atoms with Crippen molar-refractivity contribution < 1.29 is 8.42 Å². The van der Waals surface area contributed by atoms with E-state index in [4.69, 9.17) is 0 Å². The Morgan fingerprint density at radius 1 is 0.500 bits per heavy atom. The largest absolute Gasteiger partial charge is 0.313 e. The molecule has 0 unspecified atom stereocenters. The molecule has 5 aromatic carbocycles. The van der Waals surface area contributed by atoms with Crippen LogP contribution in [0, 0.1) is 0 Å². The standard InChI is InChI=1S/C40H29N5O2S/c46-48(47,28-8-2-1-3-9-28)45-39-16-14-26(43-35-12-6-4-10-29(35)33-24-41-20-18-37(33)43)22-31(39)32-23-27(15-17-40(32)45)44-36-13-7-5-11-30(36)34-25-42-21-19-38(34)44/h1-17,22-25H,18-21H2. The summed E-state index contributed by atoms with van der Waals surface area (Å²) in [6.45, 7) is 1.48. The molecule has 10 rings (SSSR count). The van der Waals surface area contributed by atoms with Crippen LogP contribution in [0.15, 0.2) is 130 Å². The van der Waals surface area contributed by atoms with E-state index in [1.807, 2.05) is 42.8 Å². The average molecular weight is 644 g/mol. The maximum absolute atomic E-state index is 14.4. The Labute approximate surface area is 276 Å². The summed E-state index contributed by atoms with van der Waals surface area (Å²) in [5.74, 6) is 0. The molecular formula is C40H29N5O2S. The molecule has 0 bridgehead atoms. The topological polar surface area (TPSA) is 73.7 Å². The zero-order chi connectivity index (χ0) is 32.0. The minimum Gasteiger partial charge on any atom is -0.313 e. The Kier molecular flexibility index (Phi) is 5.78. The van der Waals surface area contributed by atoms with Crippen LogP contribution in [-0.2, 0) is 22.9 Å². The van der Waals surface area contributed by atoms with Gasteiger partial charge in [0.2, 0.25) is 0 Å². The number of fused-ring (bicyclic) bond motifs is 9. The van der Waals surface area contributed by atoms with Gasteiger partial charge >= 0.3 is 0 Å². The first-order valence-corrected chi connectivity index (χ1v) is 17.7. The van der Waals surface area contributed by atoms with Crippen LogP contribution >= 0.6 is 0 Å². The van der Waals surface area contributed by atoms with E-state index in [9.17, 15) is 8.42 Å². The van der Waals surface area contributed by atoms with Gasteiger partial charge in [-0.3, -0.25) is 9.98 Å². The smallest absolute Gasteiger partial charge is 0.268 e. The van der Waals surface area contributed by atoms with E-state index in [0.717, 1.165) is 70.2 Å². The number of hydrogen-bond donors (Lipinski definition) is 0. The lowest BCUT2D eigenvalue weighted by atomic mass is 10.1. The molecule has 0 aliphatic carbocycles. The number of rotatable bonds is 4. The number of benzene rings is 5. The van der Waals surface area contributed by atoms with Crippen LogP contribution in [0.5, 0.6) is 0 Å². The Morgan fingerprint density at radius 2 is 0.979 bits per heavy atom. The van der Waals surface area contributed by atoms with Gasteiger partial charge in [0.25, 0.3) is 10.0 Å². The van der Waals surface area contributed by atoms with Crippen LogP contribution in [0.3, 0.4) is 0 Å². The molecule has 7 nitrogen and oxygen atoms in total. The Balaban J connectivity index is 1.29. The normalized spacial score (nSPS) is 14.3. The van der Waals surface area contributed by atoms with Crippen molar-refractivity contribution in [2.24, 2.45) is 9.98 Å². The van der Waals surface area contributed by atoms with Crippen molar-refractivity contribution in [3.05, 3.63) is 138 Å². The average Bonchev–Trinajstić information content (AvgIpc) is 3.77. The van der Waals surface area contributed by atoms with Crippen LogP contribution in [0.1, 0.15) is 22.5 Å². The molecule has 2 aliphatic rings. The Morgan fingerprint density at radius 3 is 1.50 bits per heavy atom.